The zero-order valence-corrected chi connectivity index (χ0v) is 12.3. The molecule has 1 amide bonds. The Hall–Kier alpha value is -1.82. The normalized spacial score (nSPS) is 18.0. The number of carboxylic acids is 1. The maximum atomic E-state index is 12.1. The average Bonchev–Trinajstić information content (AvgIpc) is 2.92. The smallest absolute Gasteiger partial charge is 0.326 e. The van der Waals surface area contributed by atoms with Crippen molar-refractivity contribution in [3.05, 3.63) is 33.7 Å². The van der Waals surface area contributed by atoms with Crippen LogP contribution in [0.3, 0.4) is 0 Å². The topological polar surface area (TPSA) is 79.6 Å². The summed E-state index contributed by atoms with van der Waals surface area (Å²) in [7, 11) is 0. The van der Waals surface area contributed by atoms with E-state index in [4.69, 9.17) is 16.7 Å². The third-order valence-corrected chi connectivity index (χ3v) is 3.82. The molecular weight excluding hydrogens is 296 g/mol. The van der Waals surface area contributed by atoms with Gasteiger partial charge < -0.3 is 14.6 Å². The van der Waals surface area contributed by atoms with Crippen LogP contribution in [0.4, 0.5) is 0 Å². The van der Waals surface area contributed by atoms with Gasteiger partial charge in [-0.2, -0.15) is 0 Å². The lowest BCUT2D eigenvalue weighted by Crippen LogP contribution is -2.40. The summed E-state index contributed by atoms with van der Waals surface area (Å²) in [6.07, 6.45) is 3.46. The predicted octanol–water partition coefficient (Wildman–Crippen LogP) is 1.36. The third kappa shape index (κ3) is 3.85. The molecule has 1 N–H and O–H groups in total. The number of aliphatic carboxylic acids is 1. The Bertz CT molecular complexity index is 599. The molecule has 114 valence electrons. The van der Waals surface area contributed by atoms with Gasteiger partial charge in [-0.3, -0.25) is 9.59 Å². The first-order chi connectivity index (χ1) is 9.99. The van der Waals surface area contributed by atoms with E-state index in [1.54, 1.807) is 0 Å². The predicted molar refractivity (Wildman–Crippen MR) is 77.3 cm³/mol. The minimum absolute atomic E-state index is 0.170. The average molecular weight is 313 g/mol. The summed E-state index contributed by atoms with van der Waals surface area (Å²) >= 11 is 5.82. The second-order valence-corrected chi connectivity index (χ2v) is 5.50. The van der Waals surface area contributed by atoms with Gasteiger partial charge in [0.2, 0.25) is 5.91 Å². The van der Waals surface area contributed by atoms with Crippen molar-refractivity contribution < 1.29 is 14.7 Å². The third-order valence-electron chi connectivity index (χ3n) is 3.60. The first-order valence-electron chi connectivity index (χ1n) is 6.87. The Kier molecular flexibility index (Phi) is 5.01. The lowest BCUT2D eigenvalue weighted by molar-refractivity contribution is -0.148. The van der Waals surface area contributed by atoms with E-state index in [1.807, 2.05) is 0 Å². The van der Waals surface area contributed by atoms with E-state index in [9.17, 15) is 14.4 Å². The van der Waals surface area contributed by atoms with Crippen molar-refractivity contribution in [1.29, 1.82) is 0 Å². The molecular formula is C14H17ClN2O4. The van der Waals surface area contributed by atoms with Crippen LogP contribution in [-0.4, -0.2) is 39.0 Å². The van der Waals surface area contributed by atoms with Gasteiger partial charge in [-0.05, 0) is 25.3 Å². The number of halogens is 1. The van der Waals surface area contributed by atoms with Crippen molar-refractivity contribution in [1.82, 2.24) is 9.47 Å². The number of hydrogen-bond donors (Lipinski definition) is 1. The van der Waals surface area contributed by atoms with Crippen molar-refractivity contribution in [2.45, 2.75) is 38.3 Å². The van der Waals surface area contributed by atoms with Crippen LogP contribution in [0.5, 0.6) is 0 Å². The van der Waals surface area contributed by atoms with Crippen LogP contribution in [-0.2, 0) is 16.1 Å². The standard InChI is InChI=1S/C14H17ClN2O4/c15-10-5-6-12(18)16(9-10)7-2-4-13(19)17-8-1-3-11(17)14(20)21/h5-6,9,11H,1-4,7-8H2,(H,20,21). The molecule has 2 rings (SSSR count). The molecule has 0 radical (unpaired) electrons. The molecule has 1 aliphatic heterocycles. The Morgan fingerprint density at radius 2 is 2.14 bits per heavy atom. The van der Waals surface area contributed by atoms with Crippen LogP contribution < -0.4 is 5.56 Å². The SMILES string of the molecule is O=C(O)C1CCCN1C(=O)CCCn1cc(Cl)ccc1=O. The number of carbonyl (C=O) groups excluding carboxylic acids is 1. The van der Waals surface area contributed by atoms with Crippen LogP contribution in [0.25, 0.3) is 0 Å². The number of aryl methyl sites for hydroxylation is 1. The molecule has 6 nitrogen and oxygen atoms in total. The van der Waals surface area contributed by atoms with Crippen LogP contribution in [0.2, 0.25) is 5.02 Å². The first kappa shape index (κ1) is 15.6. The molecule has 0 aromatic carbocycles. The molecule has 1 aromatic heterocycles. The van der Waals surface area contributed by atoms with Crippen LogP contribution in [0.15, 0.2) is 23.1 Å². The molecule has 1 aromatic rings. The van der Waals surface area contributed by atoms with E-state index < -0.39 is 12.0 Å². The van der Waals surface area contributed by atoms with Gasteiger partial charge in [-0.25, -0.2) is 4.79 Å². The summed E-state index contributed by atoms with van der Waals surface area (Å²) < 4.78 is 1.45. The van der Waals surface area contributed by atoms with E-state index in [1.165, 1.54) is 27.8 Å². The number of hydrogen-bond acceptors (Lipinski definition) is 3. The summed E-state index contributed by atoms with van der Waals surface area (Å²) in [4.78, 5) is 36.1. The van der Waals surface area contributed by atoms with Crippen molar-refractivity contribution in [2.75, 3.05) is 6.54 Å². The minimum atomic E-state index is -0.952. The highest BCUT2D eigenvalue weighted by molar-refractivity contribution is 6.30. The zero-order chi connectivity index (χ0) is 15.4. The Labute approximate surface area is 126 Å². The molecule has 0 bridgehead atoms. The number of pyridine rings is 1. The zero-order valence-electron chi connectivity index (χ0n) is 11.5. The monoisotopic (exact) mass is 312 g/mol. The van der Waals surface area contributed by atoms with Crippen molar-refractivity contribution in [3.8, 4) is 0 Å². The lowest BCUT2D eigenvalue weighted by atomic mass is 10.2. The summed E-state index contributed by atoms with van der Waals surface area (Å²) in [5.74, 6) is -1.12. The summed E-state index contributed by atoms with van der Waals surface area (Å²) in [6, 6.07) is 2.20. The van der Waals surface area contributed by atoms with E-state index in [0.29, 0.717) is 31.0 Å². The second kappa shape index (κ2) is 6.76. The van der Waals surface area contributed by atoms with Gasteiger partial charge in [-0.1, -0.05) is 11.6 Å². The van der Waals surface area contributed by atoms with Gasteiger partial charge in [0.1, 0.15) is 6.04 Å². The number of carboxylic acid groups (broad SMARTS) is 1. The molecule has 7 heteroatoms. The Morgan fingerprint density at radius 1 is 1.38 bits per heavy atom. The Morgan fingerprint density at radius 3 is 2.86 bits per heavy atom. The maximum Gasteiger partial charge on any atom is 0.326 e. The van der Waals surface area contributed by atoms with E-state index in [0.717, 1.165) is 6.42 Å². The first-order valence-corrected chi connectivity index (χ1v) is 7.25. The van der Waals surface area contributed by atoms with Gasteiger partial charge >= 0.3 is 5.97 Å². The fourth-order valence-corrected chi connectivity index (χ4v) is 2.72. The largest absolute Gasteiger partial charge is 0.480 e. The second-order valence-electron chi connectivity index (χ2n) is 5.07. The van der Waals surface area contributed by atoms with Gasteiger partial charge in [0.15, 0.2) is 0 Å². The minimum Gasteiger partial charge on any atom is -0.480 e. The van der Waals surface area contributed by atoms with Crippen molar-refractivity contribution in [2.24, 2.45) is 0 Å². The quantitative estimate of drug-likeness (QED) is 0.890. The highest BCUT2D eigenvalue weighted by atomic mass is 35.5. The number of carbonyl (C=O) groups is 2. The van der Waals surface area contributed by atoms with Crippen LogP contribution in [0.1, 0.15) is 25.7 Å². The molecule has 2 heterocycles. The summed E-state index contributed by atoms with van der Waals surface area (Å²) in [6.45, 7) is 0.879. The highest BCUT2D eigenvalue weighted by Gasteiger charge is 2.33. The lowest BCUT2D eigenvalue weighted by Gasteiger charge is -2.21. The number of aromatic nitrogens is 1. The Balaban J connectivity index is 1.88. The van der Waals surface area contributed by atoms with Crippen LogP contribution >= 0.6 is 11.6 Å². The van der Waals surface area contributed by atoms with E-state index >= 15 is 0 Å². The molecule has 0 aliphatic carbocycles. The molecule has 1 fully saturated rings. The molecule has 1 saturated heterocycles. The summed E-state index contributed by atoms with van der Waals surface area (Å²) in [5.41, 5.74) is -0.170. The fraction of sp³-hybridized carbons (Fsp3) is 0.500. The number of nitrogens with zero attached hydrogens (tertiary/aromatic N) is 2. The number of amides is 1. The van der Waals surface area contributed by atoms with Crippen LogP contribution in [0, 0.1) is 0 Å². The fourth-order valence-electron chi connectivity index (χ4n) is 2.54. The molecule has 0 spiro atoms. The molecule has 1 aliphatic rings. The van der Waals surface area contributed by atoms with E-state index in [-0.39, 0.29) is 17.9 Å². The van der Waals surface area contributed by atoms with Crippen molar-refractivity contribution >= 4 is 23.5 Å². The van der Waals surface area contributed by atoms with Gasteiger partial charge in [0.05, 0.1) is 5.02 Å². The van der Waals surface area contributed by atoms with Gasteiger partial charge in [0, 0.05) is 31.8 Å². The maximum absolute atomic E-state index is 12.1. The molecule has 21 heavy (non-hydrogen) atoms. The molecule has 1 atom stereocenters. The molecule has 0 saturated carbocycles. The molecule has 1 unspecified atom stereocenters. The van der Waals surface area contributed by atoms with Gasteiger partial charge in [-0.15, -0.1) is 0 Å². The number of rotatable bonds is 5. The summed E-state index contributed by atoms with van der Waals surface area (Å²) in [5, 5.41) is 9.51. The highest BCUT2D eigenvalue weighted by Crippen LogP contribution is 2.19. The van der Waals surface area contributed by atoms with E-state index in [2.05, 4.69) is 0 Å². The van der Waals surface area contributed by atoms with Gasteiger partial charge in [0.25, 0.3) is 5.56 Å². The van der Waals surface area contributed by atoms with Crippen molar-refractivity contribution in [3.63, 3.8) is 0 Å². The number of likely N-dealkylation sites (tertiary alicyclic amines) is 1.